The van der Waals surface area contributed by atoms with Gasteiger partial charge in [0.05, 0.1) is 0 Å². The average molecular weight is 264 g/mol. The Morgan fingerprint density at radius 1 is 1.26 bits per heavy atom. The second kappa shape index (κ2) is 7.11. The van der Waals surface area contributed by atoms with Gasteiger partial charge < -0.3 is 14.6 Å². The molecule has 1 unspecified atom stereocenters. The molecule has 3 heteroatoms. The maximum atomic E-state index is 5.59. The molecule has 2 rings (SSSR count). The van der Waals surface area contributed by atoms with Gasteiger partial charge in [-0.2, -0.15) is 0 Å². The molecular weight excluding hydrogens is 236 g/mol. The third-order valence-electron chi connectivity index (χ3n) is 4.10. The summed E-state index contributed by atoms with van der Waals surface area (Å²) in [5.41, 5.74) is 1.30. The molecule has 0 radical (unpaired) electrons. The highest BCUT2D eigenvalue weighted by Crippen LogP contribution is 2.21. The molecule has 1 saturated heterocycles. The fourth-order valence-corrected chi connectivity index (χ4v) is 2.99. The van der Waals surface area contributed by atoms with Crippen LogP contribution in [0.5, 0.6) is 0 Å². The SMILES string of the molecule is Cc1cc(C(C)NCCCN2CCCCC2)c(C)o1. The molecular formula is C16H28N2O. The van der Waals surface area contributed by atoms with Gasteiger partial charge in [0.1, 0.15) is 11.5 Å². The van der Waals surface area contributed by atoms with Gasteiger partial charge in [-0.3, -0.25) is 0 Å². The van der Waals surface area contributed by atoms with E-state index in [-0.39, 0.29) is 0 Å². The molecule has 108 valence electrons. The molecule has 1 N–H and O–H groups in total. The quantitative estimate of drug-likeness (QED) is 0.798. The highest BCUT2D eigenvalue weighted by atomic mass is 16.3. The summed E-state index contributed by atoms with van der Waals surface area (Å²) in [7, 11) is 0. The van der Waals surface area contributed by atoms with E-state index >= 15 is 0 Å². The summed E-state index contributed by atoms with van der Waals surface area (Å²) in [4.78, 5) is 2.60. The lowest BCUT2D eigenvalue weighted by Gasteiger charge is -2.26. The van der Waals surface area contributed by atoms with Gasteiger partial charge in [-0.25, -0.2) is 0 Å². The van der Waals surface area contributed by atoms with Crippen LogP contribution in [0.3, 0.4) is 0 Å². The Morgan fingerprint density at radius 2 is 2.00 bits per heavy atom. The van der Waals surface area contributed by atoms with E-state index in [0.29, 0.717) is 6.04 Å². The molecule has 19 heavy (non-hydrogen) atoms. The van der Waals surface area contributed by atoms with Crippen LogP contribution in [-0.4, -0.2) is 31.1 Å². The summed E-state index contributed by atoms with van der Waals surface area (Å²) in [5, 5.41) is 3.61. The van der Waals surface area contributed by atoms with Crippen molar-refractivity contribution in [2.75, 3.05) is 26.2 Å². The maximum Gasteiger partial charge on any atom is 0.105 e. The lowest BCUT2D eigenvalue weighted by molar-refractivity contribution is 0.225. The van der Waals surface area contributed by atoms with Crippen molar-refractivity contribution < 1.29 is 4.42 Å². The standard InChI is InChI=1S/C16H28N2O/c1-13-12-16(15(3)19-13)14(2)17-8-7-11-18-9-5-4-6-10-18/h12,14,17H,4-11H2,1-3H3. The molecule has 1 fully saturated rings. The minimum atomic E-state index is 0.388. The molecule has 2 heterocycles. The fourth-order valence-electron chi connectivity index (χ4n) is 2.99. The van der Waals surface area contributed by atoms with E-state index < -0.39 is 0 Å². The molecule has 0 spiro atoms. The van der Waals surface area contributed by atoms with Gasteiger partial charge in [0.15, 0.2) is 0 Å². The zero-order valence-electron chi connectivity index (χ0n) is 12.7. The van der Waals surface area contributed by atoms with E-state index in [2.05, 4.69) is 23.2 Å². The van der Waals surface area contributed by atoms with E-state index in [4.69, 9.17) is 4.42 Å². The normalized spacial score (nSPS) is 18.7. The number of nitrogens with one attached hydrogen (secondary N) is 1. The van der Waals surface area contributed by atoms with Crippen molar-refractivity contribution in [3.8, 4) is 0 Å². The molecule has 0 aromatic carbocycles. The average Bonchev–Trinajstić information content (AvgIpc) is 2.75. The molecule has 0 bridgehead atoms. The second-order valence-corrected chi connectivity index (χ2v) is 5.80. The predicted octanol–water partition coefficient (Wildman–Crippen LogP) is 3.42. The highest BCUT2D eigenvalue weighted by molar-refractivity contribution is 5.23. The van der Waals surface area contributed by atoms with Crippen molar-refractivity contribution in [2.45, 2.75) is 52.5 Å². The first-order valence-electron chi connectivity index (χ1n) is 7.69. The minimum Gasteiger partial charge on any atom is -0.466 e. The van der Waals surface area contributed by atoms with Crippen LogP contribution >= 0.6 is 0 Å². The van der Waals surface area contributed by atoms with Crippen molar-refractivity contribution in [1.82, 2.24) is 10.2 Å². The summed E-state index contributed by atoms with van der Waals surface area (Å²) in [6.07, 6.45) is 5.43. The number of rotatable bonds is 6. The van der Waals surface area contributed by atoms with Gasteiger partial charge in [0, 0.05) is 11.6 Å². The lowest BCUT2D eigenvalue weighted by atomic mass is 10.1. The highest BCUT2D eigenvalue weighted by Gasteiger charge is 2.12. The van der Waals surface area contributed by atoms with Crippen molar-refractivity contribution in [2.24, 2.45) is 0 Å². The molecule has 1 aromatic rings. The Labute approximate surface area is 117 Å². The fraction of sp³-hybridized carbons (Fsp3) is 0.750. The van der Waals surface area contributed by atoms with Crippen LogP contribution in [0, 0.1) is 13.8 Å². The number of hydrogen-bond acceptors (Lipinski definition) is 3. The van der Waals surface area contributed by atoms with E-state index in [1.165, 1.54) is 50.9 Å². The molecule has 1 atom stereocenters. The van der Waals surface area contributed by atoms with Crippen molar-refractivity contribution >= 4 is 0 Å². The lowest BCUT2D eigenvalue weighted by Crippen LogP contribution is -2.32. The minimum absolute atomic E-state index is 0.388. The molecule has 0 aliphatic carbocycles. The first-order chi connectivity index (χ1) is 9.16. The molecule has 1 aromatic heterocycles. The summed E-state index contributed by atoms with van der Waals surface area (Å²) >= 11 is 0. The van der Waals surface area contributed by atoms with Crippen LogP contribution < -0.4 is 5.32 Å². The first kappa shape index (κ1) is 14.6. The Bertz CT molecular complexity index is 380. The monoisotopic (exact) mass is 264 g/mol. The van der Waals surface area contributed by atoms with E-state index in [1.807, 2.05) is 13.8 Å². The summed E-state index contributed by atoms with van der Waals surface area (Å²) in [6.45, 7) is 11.2. The Hall–Kier alpha value is -0.800. The number of aryl methyl sites for hydroxylation is 2. The summed E-state index contributed by atoms with van der Waals surface area (Å²) in [5.74, 6) is 2.06. The van der Waals surface area contributed by atoms with Gasteiger partial charge in [-0.05, 0) is 72.3 Å². The largest absolute Gasteiger partial charge is 0.466 e. The Kier molecular flexibility index (Phi) is 5.46. The topological polar surface area (TPSA) is 28.4 Å². The smallest absolute Gasteiger partial charge is 0.105 e. The van der Waals surface area contributed by atoms with Crippen LogP contribution in [-0.2, 0) is 0 Å². The number of likely N-dealkylation sites (tertiary alicyclic amines) is 1. The van der Waals surface area contributed by atoms with Gasteiger partial charge in [-0.15, -0.1) is 0 Å². The Morgan fingerprint density at radius 3 is 2.63 bits per heavy atom. The first-order valence-corrected chi connectivity index (χ1v) is 7.69. The van der Waals surface area contributed by atoms with E-state index in [9.17, 15) is 0 Å². The second-order valence-electron chi connectivity index (χ2n) is 5.80. The van der Waals surface area contributed by atoms with Crippen LogP contribution in [0.4, 0.5) is 0 Å². The van der Waals surface area contributed by atoms with Crippen LogP contribution in [0.15, 0.2) is 10.5 Å². The number of hydrogen-bond donors (Lipinski definition) is 1. The van der Waals surface area contributed by atoms with Crippen LogP contribution in [0.1, 0.15) is 55.7 Å². The van der Waals surface area contributed by atoms with Gasteiger partial charge in [-0.1, -0.05) is 6.42 Å². The number of furan rings is 1. The molecule has 0 amide bonds. The molecule has 0 saturated carbocycles. The maximum absolute atomic E-state index is 5.59. The molecule has 3 nitrogen and oxygen atoms in total. The summed E-state index contributed by atoms with van der Waals surface area (Å²) < 4.78 is 5.59. The number of nitrogens with zero attached hydrogens (tertiary/aromatic N) is 1. The molecule has 1 aliphatic rings. The zero-order chi connectivity index (χ0) is 13.7. The summed E-state index contributed by atoms with van der Waals surface area (Å²) in [6, 6.07) is 2.54. The van der Waals surface area contributed by atoms with Crippen LogP contribution in [0.25, 0.3) is 0 Å². The van der Waals surface area contributed by atoms with Crippen molar-refractivity contribution in [3.63, 3.8) is 0 Å². The third-order valence-corrected chi connectivity index (χ3v) is 4.10. The van der Waals surface area contributed by atoms with Gasteiger partial charge in [0.25, 0.3) is 0 Å². The molecule has 1 aliphatic heterocycles. The third kappa shape index (κ3) is 4.36. The van der Waals surface area contributed by atoms with Crippen molar-refractivity contribution in [3.05, 3.63) is 23.2 Å². The van der Waals surface area contributed by atoms with Gasteiger partial charge >= 0.3 is 0 Å². The number of piperidine rings is 1. The predicted molar refractivity (Wildman–Crippen MR) is 79.5 cm³/mol. The van der Waals surface area contributed by atoms with Crippen molar-refractivity contribution in [1.29, 1.82) is 0 Å². The zero-order valence-corrected chi connectivity index (χ0v) is 12.7. The van der Waals surface area contributed by atoms with Crippen LogP contribution in [0.2, 0.25) is 0 Å². The Balaban J connectivity index is 1.66. The van der Waals surface area contributed by atoms with Gasteiger partial charge in [0.2, 0.25) is 0 Å². The van der Waals surface area contributed by atoms with E-state index in [1.54, 1.807) is 0 Å². The van der Waals surface area contributed by atoms with E-state index in [0.717, 1.165) is 18.1 Å².